The number of primary sulfonamides is 1. The molecule has 0 radical (unpaired) electrons. The zero-order valence-electron chi connectivity index (χ0n) is 13.7. The van der Waals surface area contributed by atoms with Crippen LogP contribution in [-0.2, 0) is 26.2 Å². The van der Waals surface area contributed by atoms with Gasteiger partial charge in [-0.1, -0.05) is 23.7 Å². The second-order valence-corrected chi connectivity index (χ2v) is 9.25. The van der Waals surface area contributed by atoms with E-state index >= 15 is 0 Å². The van der Waals surface area contributed by atoms with Gasteiger partial charge in [-0.3, -0.25) is 0 Å². The van der Waals surface area contributed by atoms with E-state index in [9.17, 15) is 30.0 Å². The molecule has 1 atom stereocenters. The quantitative estimate of drug-likeness (QED) is 0.742. The molecule has 0 heterocycles. The molecule has 0 unspecified atom stereocenters. The molecule has 0 aliphatic heterocycles. The Morgan fingerprint density at radius 1 is 1.07 bits per heavy atom. The second kappa shape index (κ2) is 7.40. The van der Waals surface area contributed by atoms with Gasteiger partial charge in [0.25, 0.3) is 0 Å². The Bertz CT molecular complexity index is 1070. The number of hydrogen-bond acceptors (Lipinski definition) is 4. The smallest absolute Gasteiger partial charge is 0.225 e. The fraction of sp³-hybridized carbons (Fsp3) is 0.200. The van der Waals surface area contributed by atoms with Gasteiger partial charge >= 0.3 is 6.18 Å². The molecule has 0 aliphatic carbocycles. The third-order valence-electron chi connectivity index (χ3n) is 3.57. The third-order valence-corrected chi connectivity index (χ3v) is 6.50. The van der Waals surface area contributed by atoms with E-state index in [0.29, 0.717) is 12.1 Å². The average Bonchev–Trinajstić information content (AvgIpc) is 2.53. The zero-order chi connectivity index (χ0) is 20.6. The van der Waals surface area contributed by atoms with Gasteiger partial charge < -0.3 is 0 Å². The summed E-state index contributed by atoms with van der Waals surface area (Å²) in [5.41, 5.74) is -0.927. The summed E-state index contributed by atoms with van der Waals surface area (Å²) in [4.78, 5) is -0.975. The van der Waals surface area contributed by atoms with Crippen molar-refractivity contribution in [3.63, 3.8) is 0 Å². The minimum absolute atomic E-state index is 0.233. The van der Waals surface area contributed by atoms with Crippen LogP contribution in [0.15, 0.2) is 52.3 Å². The zero-order valence-corrected chi connectivity index (χ0v) is 16.0. The standard InChI is InChI=1S/C15H14ClF3N2O4S2/c1-9(10-3-2-4-12(7-10)26(20,22)23)21-27(24,25)14-8-11(15(17,18)19)5-6-13(14)16/h2-9,21H,1H3,(H2,20,22,23)/t9-/m1/s1. The molecule has 0 amide bonds. The number of alkyl halides is 3. The number of halogens is 4. The summed E-state index contributed by atoms with van der Waals surface area (Å²) in [6, 6.07) is 6.15. The van der Waals surface area contributed by atoms with Gasteiger partial charge in [-0.25, -0.2) is 26.7 Å². The van der Waals surface area contributed by atoms with E-state index in [1.165, 1.54) is 25.1 Å². The first kappa shape index (κ1) is 21.6. The highest BCUT2D eigenvalue weighted by Gasteiger charge is 2.33. The predicted octanol–water partition coefficient (Wildman–Crippen LogP) is 3.05. The van der Waals surface area contributed by atoms with Gasteiger partial charge in [-0.15, -0.1) is 0 Å². The maximum atomic E-state index is 12.8. The van der Waals surface area contributed by atoms with Crippen molar-refractivity contribution in [1.29, 1.82) is 0 Å². The SMILES string of the molecule is C[C@@H](NS(=O)(=O)c1cc(C(F)(F)F)ccc1Cl)c1cccc(S(N)(=O)=O)c1. The van der Waals surface area contributed by atoms with Crippen LogP contribution in [0, 0.1) is 0 Å². The Kier molecular flexibility index (Phi) is 5.93. The number of nitrogens with one attached hydrogen (secondary N) is 1. The van der Waals surface area contributed by atoms with E-state index in [2.05, 4.69) is 4.72 Å². The molecular weight excluding hydrogens is 429 g/mol. The van der Waals surface area contributed by atoms with Crippen LogP contribution in [0.5, 0.6) is 0 Å². The Hall–Kier alpha value is -1.66. The molecule has 27 heavy (non-hydrogen) atoms. The molecule has 12 heteroatoms. The Balaban J connectivity index is 2.40. The van der Waals surface area contributed by atoms with Crippen LogP contribution < -0.4 is 9.86 Å². The lowest BCUT2D eigenvalue weighted by molar-refractivity contribution is -0.137. The summed E-state index contributed by atoms with van der Waals surface area (Å²) in [6.07, 6.45) is -4.75. The van der Waals surface area contributed by atoms with Crippen molar-refractivity contribution in [2.24, 2.45) is 5.14 Å². The number of rotatable bonds is 5. The maximum absolute atomic E-state index is 12.8. The molecule has 2 aromatic rings. The Morgan fingerprint density at radius 2 is 1.70 bits per heavy atom. The number of hydrogen-bond donors (Lipinski definition) is 2. The summed E-state index contributed by atoms with van der Waals surface area (Å²) in [6.45, 7) is 1.39. The Labute approximate surface area is 159 Å². The summed E-state index contributed by atoms with van der Waals surface area (Å²) in [5.74, 6) is 0. The fourth-order valence-corrected chi connectivity index (χ4v) is 4.54. The van der Waals surface area contributed by atoms with Crippen LogP contribution in [0.2, 0.25) is 5.02 Å². The predicted molar refractivity (Wildman–Crippen MR) is 93.0 cm³/mol. The van der Waals surface area contributed by atoms with Crippen molar-refractivity contribution in [3.8, 4) is 0 Å². The first-order valence-electron chi connectivity index (χ1n) is 7.23. The molecule has 0 aliphatic rings. The summed E-state index contributed by atoms with van der Waals surface area (Å²) >= 11 is 5.76. The van der Waals surface area contributed by atoms with Gasteiger partial charge in [0.15, 0.2) is 0 Å². The average molecular weight is 443 g/mol. The molecule has 0 spiro atoms. The topological polar surface area (TPSA) is 106 Å². The van der Waals surface area contributed by atoms with Crippen LogP contribution in [0.3, 0.4) is 0 Å². The van der Waals surface area contributed by atoms with Gasteiger partial charge in [0.2, 0.25) is 20.0 Å². The molecule has 0 aromatic heterocycles. The van der Waals surface area contributed by atoms with Gasteiger partial charge in [0.05, 0.1) is 15.5 Å². The first-order chi connectivity index (χ1) is 12.2. The highest BCUT2D eigenvalue weighted by molar-refractivity contribution is 7.89. The molecule has 0 saturated carbocycles. The third kappa shape index (κ3) is 5.20. The van der Waals surface area contributed by atoms with E-state index in [0.717, 1.165) is 12.1 Å². The van der Waals surface area contributed by atoms with E-state index in [4.69, 9.17) is 16.7 Å². The van der Waals surface area contributed by atoms with Crippen molar-refractivity contribution in [3.05, 3.63) is 58.6 Å². The normalized spacial score (nSPS) is 14.1. The van der Waals surface area contributed by atoms with Crippen molar-refractivity contribution in [2.45, 2.75) is 28.9 Å². The van der Waals surface area contributed by atoms with E-state index in [1.54, 1.807) is 0 Å². The first-order valence-corrected chi connectivity index (χ1v) is 10.6. The minimum Gasteiger partial charge on any atom is -0.225 e. The highest BCUT2D eigenvalue weighted by atomic mass is 35.5. The lowest BCUT2D eigenvalue weighted by Gasteiger charge is -2.17. The molecule has 2 rings (SSSR count). The molecular formula is C15H14ClF3N2O4S2. The van der Waals surface area contributed by atoms with Gasteiger partial charge in [-0.05, 0) is 42.8 Å². The highest BCUT2D eigenvalue weighted by Crippen LogP contribution is 2.33. The molecule has 2 aromatic carbocycles. The van der Waals surface area contributed by atoms with Crippen molar-refractivity contribution in [1.82, 2.24) is 4.72 Å². The lowest BCUT2D eigenvalue weighted by atomic mass is 10.1. The molecule has 0 fully saturated rings. The van der Waals surface area contributed by atoms with Gasteiger partial charge in [0.1, 0.15) is 4.90 Å². The van der Waals surface area contributed by atoms with Crippen LogP contribution in [0.25, 0.3) is 0 Å². The summed E-state index contributed by atoms with van der Waals surface area (Å²) in [7, 11) is -8.44. The van der Waals surface area contributed by atoms with Crippen LogP contribution in [-0.4, -0.2) is 16.8 Å². The van der Waals surface area contributed by atoms with Crippen molar-refractivity contribution < 1.29 is 30.0 Å². The second-order valence-electron chi connectivity index (χ2n) is 5.60. The molecule has 0 saturated heterocycles. The van der Waals surface area contributed by atoms with Gasteiger partial charge in [0, 0.05) is 6.04 Å². The molecule has 3 N–H and O–H groups in total. The number of benzene rings is 2. The summed E-state index contributed by atoms with van der Waals surface area (Å²) in [5, 5.41) is 4.64. The van der Waals surface area contributed by atoms with Crippen LogP contribution in [0.1, 0.15) is 24.1 Å². The monoisotopic (exact) mass is 442 g/mol. The number of sulfonamides is 2. The van der Waals surface area contributed by atoms with Crippen LogP contribution >= 0.6 is 11.6 Å². The Morgan fingerprint density at radius 3 is 2.26 bits per heavy atom. The molecule has 0 bridgehead atoms. The lowest BCUT2D eigenvalue weighted by Crippen LogP contribution is -2.27. The van der Waals surface area contributed by atoms with Crippen molar-refractivity contribution >= 4 is 31.6 Å². The summed E-state index contributed by atoms with van der Waals surface area (Å²) < 4.78 is 88.5. The minimum atomic E-state index is -4.75. The van der Waals surface area contributed by atoms with Gasteiger partial charge in [-0.2, -0.15) is 13.2 Å². The van der Waals surface area contributed by atoms with Crippen LogP contribution in [0.4, 0.5) is 13.2 Å². The molecule has 148 valence electrons. The van der Waals surface area contributed by atoms with E-state index in [1.807, 2.05) is 0 Å². The number of nitrogens with two attached hydrogens (primary N) is 1. The maximum Gasteiger partial charge on any atom is 0.416 e. The van der Waals surface area contributed by atoms with Crippen molar-refractivity contribution in [2.75, 3.05) is 0 Å². The van der Waals surface area contributed by atoms with E-state index in [-0.39, 0.29) is 15.5 Å². The van der Waals surface area contributed by atoms with E-state index < -0.39 is 42.7 Å². The molecule has 6 nitrogen and oxygen atoms in total. The fourth-order valence-electron chi connectivity index (χ4n) is 2.21. The largest absolute Gasteiger partial charge is 0.416 e.